The van der Waals surface area contributed by atoms with Gasteiger partial charge in [-0.15, -0.1) is 0 Å². The van der Waals surface area contributed by atoms with E-state index in [0.29, 0.717) is 0 Å². The average molecular weight is 293 g/mol. The topological polar surface area (TPSA) is 12.0 Å². The van der Waals surface area contributed by atoms with E-state index in [2.05, 4.69) is 28.3 Å². The van der Waals surface area contributed by atoms with Crippen LogP contribution in [0.2, 0.25) is 0 Å². The van der Waals surface area contributed by atoms with Crippen LogP contribution < -0.4 is 5.32 Å². The zero-order chi connectivity index (χ0) is 11.4. The van der Waals surface area contributed by atoms with Crippen LogP contribution in [0.4, 0.5) is 0 Å². The maximum absolute atomic E-state index is 4.89. The molecule has 0 bridgehead atoms. The first-order valence-electron chi connectivity index (χ1n) is 6.22. The number of unbranched alkanes of at least 4 members (excludes halogenated alkanes) is 8. The van der Waals surface area contributed by atoms with Crippen molar-refractivity contribution in [2.45, 2.75) is 64.7 Å². The molecule has 0 aliphatic carbocycles. The second-order valence-corrected chi connectivity index (χ2v) is 5.89. The number of nitrogens with one attached hydrogen (secondary N) is 1. The second-order valence-electron chi connectivity index (χ2n) is 4.04. The van der Waals surface area contributed by atoms with Crippen LogP contribution in [0.1, 0.15) is 64.7 Å². The van der Waals surface area contributed by atoms with Crippen molar-refractivity contribution in [3.8, 4) is 0 Å². The van der Waals surface area contributed by atoms with Gasteiger partial charge in [-0.2, -0.15) is 0 Å². The summed E-state index contributed by atoms with van der Waals surface area (Å²) in [6.07, 6.45) is 12.4. The van der Waals surface area contributed by atoms with E-state index in [1.54, 1.807) is 0 Å². The third-order valence-electron chi connectivity index (χ3n) is 2.55. The van der Waals surface area contributed by atoms with Gasteiger partial charge in [-0.1, -0.05) is 6.92 Å². The van der Waals surface area contributed by atoms with Crippen LogP contribution in [0.15, 0.2) is 0 Å². The second kappa shape index (κ2) is 12.5. The van der Waals surface area contributed by atoms with Gasteiger partial charge in [0.1, 0.15) is 0 Å². The molecule has 0 fully saturated rings. The van der Waals surface area contributed by atoms with Crippen molar-refractivity contribution in [1.82, 2.24) is 5.32 Å². The van der Waals surface area contributed by atoms with Crippen molar-refractivity contribution < 1.29 is 0 Å². The molecule has 0 heterocycles. The molecule has 0 aliphatic heterocycles. The zero-order valence-electron chi connectivity index (χ0n) is 9.89. The van der Waals surface area contributed by atoms with Gasteiger partial charge < -0.3 is 0 Å². The summed E-state index contributed by atoms with van der Waals surface area (Å²) in [6, 6.07) is 0. The van der Waals surface area contributed by atoms with E-state index in [-0.39, 0.29) is 0 Å². The summed E-state index contributed by atoms with van der Waals surface area (Å²) in [7, 11) is 0. The Kier molecular flexibility index (Phi) is 12.8. The molecule has 0 saturated heterocycles. The summed E-state index contributed by atoms with van der Waals surface area (Å²) in [5.41, 5.74) is 0. The Balaban J connectivity index is 2.89. The molecule has 1 nitrogen and oxygen atoms in total. The Labute approximate surface area is 109 Å². The Morgan fingerprint density at radius 2 is 1.40 bits per heavy atom. The van der Waals surface area contributed by atoms with Gasteiger partial charge >= 0.3 is 102 Å². The number of thiocarbonyl (C=S) groups is 1. The first-order chi connectivity index (χ1) is 7.27. The molecule has 0 atom stereocenters. The van der Waals surface area contributed by atoms with Gasteiger partial charge in [0.2, 0.25) is 0 Å². The molecule has 3 heteroatoms. The fraction of sp³-hybridized carbons (Fsp3) is 0.917. The van der Waals surface area contributed by atoms with Crippen LogP contribution in [-0.4, -0.2) is 26.4 Å². The SMILES string of the molecule is CCCCCCCCCCCNC(=S)[Se]. The summed E-state index contributed by atoms with van der Waals surface area (Å²) in [4.78, 5) is 0. The van der Waals surface area contributed by atoms with E-state index < -0.39 is 0 Å². The molecular weight excluding hydrogens is 269 g/mol. The van der Waals surface area contributed by atoms with Crippen LogP contribution in [0.25, 0.3) is 0 Å². The molecular formula is C12H24NSSe. The van der Waals surface area contributed by atoms with Crippen molar-refractivity contribution in [1.29, 1.82) is 0 Å². The fourth-order valence-corrected chi connectivity index (χ4v) is 1.94. The molecule has 0 spiro atoms. The van der Waals surface area contributed by atoms with Gasteiger partial charge in [-0.3, -0.25) is 0 Å². The quantitative estimate of drug-likeness (QED) is 0.375. The van der Waals surface area contributed by atoms with Crippen LogP contribution in [0, 0.1) is 0 Å². The molecule has 1 radical (unpaired) electrons. The number of hydrogen-bond donors (Lipinski definition) is 1. The van der Waals surface area contributed by atoms with Gasteiger partial charge in [0.15, 0.2) is 0 Å². The van der Waals surface area contributed by atoms with E-state index in [9.17, 15) is 0 Å². The van der Waals surface area contributed by atoms with E-state index in [4.69, 9.17) is 12.2 Å². The molecule has 0 aliphatic rings. The van der Waals surface area contributed by atoms with E-state index in [1.807, 2.05) is 0 Å². The van der Waals surface area contributed by atoms with Crippen molar-refractivity contribution in [3.63, 3.8) is 0 Å². The Morgan fingerprint density at radius 1 is 0.933 bits per heavy atom. The Hall–Kier alpha value is 0.409. The van der Waals surface area contributed by atoms with Gasteiger partial charge in [-0.05, 0) is 0 Å². The molecule has 1 N–H and O–H groups in total. The van der Waals surface area contributed by atoms with Crippen LogP contribution in [-0.2, 0) is 0 Å². The summed E-state index contributed by atoms with van der Waals surface area (Å²) in [5.74, 6) is 0. The summed E-state index contributed by atoms with van der Waals surface area (Å²) < 4.78 is 0.801. The first kappa shape index (κ1) is 15.4. The van der Waals surface area contributed by atoms with Gasteiger partial charge in [0.25, 0.3) is 0 Å². The van der Waals surface area contributed by atoms with Gasteiger partial charge in [0.05, 0.1) is 0 Å². The molecule has 0 unspecified atom stereocenters. The zero-order valence-corrected chi connectivity index (χ0v) is 12.4. The van der Waals surface area contributed by atoms with Gasteiger partial charge in [-0.25, -0.2) is 0 Å². The summed E-state index contributed by atoms with van der Waals surface area (Å²) >= 11 is 7.68. The van der Waals surface area contributed by atoms with Crippen molar-refractivity contribution in [2.75, 3.05) is 6.54 Å². The molecule has 89 valence electrons. The standard InChI is InChI=1S/C12H24NSSe/c1-2-3-4-5-6-7-8-9-10-11-13-12(14)15/h2-11H2,1H3,(H,13,14). The van der Waals surface area contributed by atoms with Gasteiger partial charge in [0, 0.05) is 0 Å². The van der Waals surface area contributed by atoms with E-state index in [1.165, 1.54) is 57.8 Å². The van der Waals surface area contributed by atoms with Crippen LogP contribution in [0.3, 0.4) is 0 Å². The molecule has 0 amide bonds. The predicted octanol–water partition coefficient (Wildman–Crippen LogP) is 3.56. The molecule has 0 aromatic heterocycles. The third kappa shape index (κ3) is 14.4. The third-order valence-corrected chi connectivity index (χ3v) is 3.00. The average Bonchev–Trinajstić information content (AvgIpc) is 2.20. The normalized spacial score (nSPS) is 10.2. The minimum atomic E-state index is 0.801. The monoisotopic (exact) mass is 294 g/mol. The van der Waals surface area contributed by atoms with Crippen LogP contribution in [0.5, 0.6) is 0 Å². The molecule has 0 saturated carbocycles. The van der Waals surface area contributed by atoms with Crippen LogP contribution >= 0.6 is 12.2 Å². The first-order valence-corrected chi connectivity index (χ1v) is 7.48. The summed E-state index contributed by atoms with van der Waals surface area (Å²) in [6.45, 7) is 3.30. The fourth-order valence-electron chi connectivity index (χ4n) is 1.63. The van der Waals surface area contributed by atoms with Crippen molar-refractivity contribution in [3.05, 3.63) is 0 Å². The number of hydrogen-bond acceptors (Lipinski definition) is 1. The molecule has 0 rings (SSSR count). The predicted molar refractivity (Wildman–Crippen MR) is 73.6 cm³/mol. The summed E-state index contributed by atoms with van der Waals surface area (Å²) in [5, 5.41) is 3.14. The molecule has 15 heavy (non-hydrogen) atoms. The van der Waals surface area contributed by atoms with E-state index in [0.717, 1.165) is 10.4 Å². The van der Waals surface area contributed by atoms with E-state index >= 15 is 0 Å². The van der Waals surface area contributed by atoms with Crippen molar-refractivity contribution in [2.24, 2.45) is 0 Å². The maximum atomic E-state index is 4.89. The molecule has 0 aromatic rings. The van der Waals surface area contributed by atoms with Crippen molar-refractivity contribution >= 4 is 32.1 Å². The Morgan fingerprint density at radius 3 is 1.87 bits per heavy atom. The minimum absolute atomic E-state index is 0.801. The Bertz CT molecular complexity index is 151. The molecule has 0 aromatic carbocycles. The number of rotatable bonds is 10.